The van der Waals surface area contributed by atoms with E-state index in [1.54, 1.807) is 0 Å². The number of benzene rings is 2. The molecular weight excluding hydrogens is 272 g/mol. The number of ether oxygens (including phenoxy) is 1. The fourth-order valence-electron chi connectivity index (χ4n) is 2.38. The maximum Gasteiger partial charge on any atom is 0.232 e. The van der Waals surface area contributed by atoms with Crippen molar-refractivity contribution in [3.63, 3.8) is 0 Å². The van der Waals surface area contributed by atoms with Gasteiger partial charge >= 0.3 is 0 Å². The zero-order valence-electron chi connectivity index (χ0n) is 12.2. The van der Waals surface area contributed by atoms with Crippen molar-refractivity contribution >= 4 is 0 Å². The van der Waals surface area contributed by atoms with E-state index >= 15 is 0 Å². The zero-order chi connectivity index (χ0) is 15.4. The van der Waals surface area contributed by atoms with Crippen LogP contribution in [0.2, 0.25) is 0 Å². The highest BCUT2D eigenvalue weighted by molar-refractivity contribution is 5.77. The molecule has 3 heteroatoms. The van der Waals surface area contributed by atoms with Crippen molar-refractivity contribution < 1.29 is 4.74 Å². The van der Waals surface area contributed by atoms with Crippen molar-refractivity contribution in [3.8, 4) is 34.3 Å². The van der Waals surface area contributed by atoms with Gasteiger partial charge in [-0.05, 0) is 11.6 Å². The van der Waals surface area contributed by atoms with Gasteiger partial charge in [0.15, 0.2) is 0 Å². The van der Waals surface area contributed by atoms with Gasteiger partial charge < -0.3 is 4.74 Å². The quantitative estimate of drug-likeness (QED) is 0.721. The summed E-state index contributed by atoms with van der Waals surface area (Å²) in [7, 11) is 1.53. The average Bonchev–Trinajstić information content (AvgIpc) is 2.62. The van der Waals surface area contributed by atoms with Crippen molar-refractivity contribution in [2.75, 3.05) is 7.11 Å². The van der Waals surface area contributed by atoms with Crippen LogP contribution in [-0.2, 0) is 0 Å². The minimum Gasteiger partial charge on any atom is -0.480 e. The molecule has 1 heterocycles. The molecule has 2 aromatic carbocycles. The van der Waals surface area contributed by atoms with Gasteiger partial charge in [0.1, 0.15) is 11.6 Å². The molecule has 106 valence electrons. The standard InChI is InChI=1S/C19H14N2O/c1-22-19-17(13-20)16(14-8-4-2-5-9-14)12-18(21-19)15-10-6-3-7-11-15/h2-12H,1H3. The van der Waals surface area contributed by atoms with Crippen molar-refractivity contribution in [2.24, 2.45) is 0 Å². The lowest BCUT2D eigenvalue weighted by Crippen LogP contribution is -1.97. The lowest BCUT2D eigenvalue weighted by atomic mass is 9.99. The second kappa shape index (κ2) is 6.11. The fraction of sp³-hybridized carbons (Fsp3) is 0.0526. The lowest BCUT2D eigenvalue weighted by Gasteiger charge is -2.11. The zero-order valence-corrected chi connectivity index (χ0v) is 12.2. The van der Waals surface area contributed by atoms with E-state index in [4.69, 9.17) is 4.74 Å². The van der Waals surface area contributed by atoms with Gasteiger partial charge in [0, 0.05) is 11.1 Å². The minimum atomic E-state index is 0.350. The number of pyridine rings is 1. The summed E-state index contributed by atoms with van der Waals surface area (Å²) in [6.07, 6.45) is 0. The van der Waals surface area contributed by atoms with Gasteiger partial charge in [-0.3, -0.25) is 0 Å². The first-order valence-corrected chi connectivity index (χ1v) is 6.93. The van der Waals surface area contributed by atoms with Crippen LogP contribution in [-0.4, -0.2) is 12.1 Å². The van der Waals surface area contributed by atoms with Gasteiger partial charge in [0.25, 0.3) is 0 Å². The maximum atomic E-state index is 9.48. The van der Waals surface area contributed by atoms with E-state index in [2.05, 4.69) is 11.1 Å². The van der Waals surface area contributed by atoms with Gasteiger partial charge in [-0.25, -0.2) is 4.98 Å². The number of hydrogen-bond acceptors (Lipinski definition) is 3. The highest BCUT2D eigenvalue weighted by Crippen LogP contribution is 2.32. The summed E-state index contributed by atoms with van der Waals surface area (Å²) in [4.78, 5) is 4.47. The summed E-state index contributed by atoms with van der Waals surface area (Å²) in [5.74, 6) is 0.350. The molecule has 0 saturated heterocycles. The second-order valence-electron chi connectivity index (χ2n) is 4.78. The molecule has 3 rings (SSSR count). The third-order valence-corrected chi connectivity index (χ3v) is 3.45. The normalized spacial score (nSPS) is 10.0. The van der Waals surface area contributed by atoms with Gasteiger partial charge in [0.05, 0.1) is 12.8 Å². The number of hydrogen-bond donors (Lipinski definition) is 0. The van der Waals surface area contributed by atoms with Crippen LogP contribution < -0.4 is 4.74 Å². The molecule has 0 atom stereocenters. The molecule has 0 aliphatic carbocycles. The van der Waals surface area contributed by atoms with Crippen LogP contribution in [0.25, 0.3) is 22.4 Å². The van der Waals surface area contributed by atoms with Crippen LogP contribution in [0.3, 0.4) is 0 Å². The molecule has 0 unspecified atom stereocenters. The van der Waals surface area contributed by atoms with Crippen molar-refractivity contribution in [2.45, 2.75) is 0 Å². The Morgan fingerprint density at radius 1 is 0.909 bits per heavy atom. The van der Waals surface area contributed by atoms with E-state index in [0.717, 1.165) is 22.4 Å². The van der Waals surface area contributed by atoms with Crippen molar-refractivity contribution in [3.05, 3.63) is 72.3 Å². The number of methoxy groups -OCH3 is 1. The highest BCUT2D eigenvalue weighted by atomic mass is 16.5. The molecule has 0 radical (unpaired) electrons. The van der Waals surface area contributed by atoms with Crippen LogP contribution in [0, 0.1) is 11.3 Å². The van der Waals surface area contributed by atoms with Gasteiger partial charge in [-0.2, -0.15) is 5.26 Å². The molecule has 0 aliphatic rings. The molecule has 0 amide bonds. The second-order valence-corrected chi connectivity index (χ2v) is 4.78. The third kappa shape index (κ3) is 2.55. The number of rotatable bonds is 3. The molecular formula is C19H14N2O. The molecule has 0 bridgehead atoms. The molecule has 1 aromatic heterocycles. The molecule has 3 aromatic rings. The number of nitriles is 1. The Morgan fingerprint density at radius 2 is 1.50 bits per heavy atom. The first kappa shape index (κ1) is 13.8. The van der Waals surface area contributed by atoms with E-state index in [-0.39, 0.29) is 0 Å². The molecule has 0 saturated carbocycles. The Hall–Kier alpha value is -3.12. The van der Waals surface area contributed by atoms with Crippen molar-refractivity contribution in [1.82, 2.24) is 4.98 Å². The Bertz CT molecular complexity index is 821. The summed E-state index contributed by atoms with van der Waals surface area (Å²) in [6, 6.07) is 23.8. The topological polar surface area (TPSA) is 45.9 Å². The molecule has 0 N–H and O–H groups in total. The minimum absolute atomic E-state index is 0.350. The van der Waals surface area contributed by atoms with Crippen LogP contribution in [0.1, 0.15) is 5.56 Å². The number of nitrogens with zero attached hydrogens (tertiary/aromatic N) is 2. The van der Waals surface area contributed by atoms with E-state index in [1.165, 1.54) is 7.11 Å². The van der Waals surface area contributed by atoms with Gasteiger partial charge in [-0.15, -0.1) is 0 Å². The molecule has 3 nitrogen and oxygen atoms in total. The third-order valence-electron chi connectivity index (χ3n) is 3.45. The fourth-order valence-corrected chi connectivity index (χ4v) is 2.38. The smallest absolute Gasteiger partial charge is 0.232 e. The van der Waals surface area contributed by atoms with E-state index in [9.17, 15) is 5.26 Å². The Balaban J connectivity index is 2.26. The molecule has 0 spiro atoms. The summed E-state index contributed by atoms with van der Waals surface area (Å²) >= 11 is 0. The Labute approximate surface area is 129 Å². The summed E-state index contributed by atoms with van der Waals surface area (Å²) in [5.41, 5.74) is 4.02. The Morgan fingerprint density at radius 3 is 2.05 bits per heavy atom. The number of aromatic nitrogens is 1. The SMILES string of the molecule is COc1nc(-c2ccccc2)cc(-c2ccccc2)c1C#N. The largest absolute Gasteiger partial charge is 0.480 e. The lowest BCUT2D eigenvalue weighted by molar-refractivity contribution is 0.397. The molecule has 22 heavy (non-hydrogen) atoms. The monoisotopic (exact) mass is 286 g/mol. The van der Waals surface area contributed by atoms with Crippen LogP contribution in [0.4, 0.5) is 0 Å². The maximum absolute atomic E-state index is 9.48. The summed E-state index contributed by atoms with van der Waals surface area (Å²) in [6.45, 7) is 0. The summed E-state index contributed by atoms with van der Waals surface area (Å²) < 4.78 is 5.33. The molecule has 0 fully saturated rings. The van der Waals surface area contributed by atoms with Crippen molar-refractivity contribution in [1.29, 1.82) is 5.26 Å². The van der Waals surface area contributed by atoms with Gasteiger partial charge in [0.2, 0.25) is 5.88 Å². The highest BCUT2D eigenvalue weighted by Gasteiger charge is 2.15. The first-order chi connectivity index (χ1) is 10.8. The van der Waals surface area contributed by atoms with Crippen LogP contribution >= 0.6 is 0 Å². The van der Waals surface area contributed by atoms with E-state index in [0.29, 0.717) is 11.4 Å². The molecule has 0 aliphatic heterocycles. The Kier molecular flexibility index (Phi) is 3.84. The first-order valence-electron chi connectivity index (χ1n) is 6.93. The van der Waals surface area contributed by atoms with Crippen LogP contribution in [0.5, 0.6) is 5.88 Å². The summed E-state index contributed by atoms with van der Waals surface area (Å²) in [5, 5.41) is 9.48. The van der Waals surface area contributed by atoms with Crippen LogP contribution in [0.15, 0.2) is 66.7 Å². The van der Waals surface area contributed by atoms with E-state index in [1.807, 2.05) is 66.7 Å². The predicted molar refractivity (Wildman–Crippen MR) is 86.4 cm³/mol. The van der Waals surface area contributed by atoms with Gasteiger partial charge in [-0.1, -0.05) is 60.7 Å². The average molecular weight is 286 g/mol. The predicted octanol–water partition coefficient (Wildman–Crippen LogP) is 4.30. The van der Waals surface area contributed by atoms with E-state index < -0.39 is 0 Å².